The molecule has 0 spiro atoms. The van der Waals surface area contributed by atoms with E-state index in [-0.39, 0.29) is 11.3 Å². The molecule has 0 fully saturated rings. The molecule has 0 bridgehead atoms. The van der Waals surface area contributed by atoms with E-state index in [1.54, 1.807) is 18.2 Å². The van der Waals surface area contributed by atoms with E-state index in [1.165, 1.54) is 38.5 Å². The number of nitro groups is 1. The van der Waals surface area contributed by atoms with E-state index in [1.807, 2.05) is 0 Å². The average molecular weight is 302 g/mol. The van der Waals surface area contributed by atoms with Crippen molar-refractivity contribution in [1.29, 1.82) is 0 Å². The van der Waals surface area contributed by atoms with Gasteiger partial charge in [0.1, 0.15) is 11.5 Å². The van der Waals surface area contributed by atoms with E-state index < -0.39 is 10.8 Å². The SMILES string of the molecule is COc1ccc(OC)c(C(=O)Nc2cccc([N+](=O)[O-])c2)c1. The zero-order chi connectivity index (χ0) is 16.1. The molecule has 0 radical (unpaired) electrons. The molecule has 1 N–H and O–H groups in total. The van der Waals surface area contributed by atoms with Crippen LogP contribution in [-0.2, 0) is 0 Å². The van der Waals surface area contributed by atoms with E-state index in [9.17, 15) is 14.9 Å². The minimum Gasteiger partial charge on any atom is -0.497 e. The number of anilines is 1. The summed E-state index contributed by atoms with van der Waals surface area (Å²) in [6, 6.07) is 10.5. The largest absolute Gasteiger partial charge is 0.497 e. The molecule has 0 aromatic heterocycles. The first kappa shape index (κ1) is 15.3. The first-order valence-electron chi connectivity index (χ1n) is 6.33. The van der Waals surface area contributed by atoms with Crippen LogP contribution in [0.5, 0.6) is 11.5 Å². The fourth-order valence-corrected chi connectivity index (χ4v) is 1.89. The Morgan fingerprint density at radius 1 is 1.14 bits per heavy atom. The van der Waals surface area contributed by atoms with Crippen LogP contribution in [-0.4, -0.2) is 25.1 Å². The van der Waals surface area contributed by atoms with Gasteiger partial charge in [-0.3, -0.25) is 14.9 Å². The Morgan fingerprint density at radius 2 is 1.91 bits per heavy atom. The number of methoxy groups -OCH3 is 2. The molecule has 22 heavy (non-hydrogen) atoms. The van der Waals surface area contributed by atoms with E-state index in [4.69, 9.17) is 9.47 Å². The van der Waals surface area contributed by atoms with Crippen LogP contribution in [0.3, 0.4) is 0 Å². The third-order valence-corrected chi connectivity index (χ3v) is 2.97. The van der Waals surface area contributed by atoms with Crippen LogP contribution in [0.25, 0.3) is 0 Å². The summed E-state index contributed by atoms with van der Waals surface area (Å²) in [5.74, 6) is 0.435. The van der Waals surface area contributed by atoms with Crippen LogP contribution in [0.1, 0.15) is 10.4 Å². The second-order valence-electron chi connectivity index (χ2n) is 4.33. The number of non-ortho nitro benzene ring substituents is 1. The fourth-order valence-electron chi connectivity index (χ4n) is 1.89. The van der Waals surface area contributed by atoms with Crippen molar-refractivity contribution in [3.05, 3.63) is 58.1 Å². The summed E-state index contributed by atoms with van der Waals surface area (Å²) in [6.45, 7) is 0. The highest BCUT2D eigenvalue weighted by Gasteiger charge is 2.15. The normalized spacial score (nSPS) is 9.91. The lowest BCUT2D eigenvalue weighted by Crippen LogP contribution is -2.13. The number of hydrogen-bond donors (Lipinski definition) is 1. The lowest BCUT2D eigenvalue weighted by Gasteiger charge is -2.10. The number of carbonyl (C=O) groups is 1. The van der Waals surface area contributed by atoms with Crippen molar-refractivity contribution in [3.8, 4) is 11.5 Å². The molecule has 1 amide bonds. The van der Waals surface area contributed by atoms with Gasteiger partial charge in [-0.1, -0.05) is 6.07 Å². The summed E-state index contributed by atoms with van der Waals surface area (Å²) >= 11 is 0. The van der Waals surface area contributed by atoms with Crippen LogP contribution in [0, 0.1) is 10.1 Å². The number of carbonyl (C=O) groups excluding carboxylic acids is 1. The van der Waals surface area contributed by atoms with Crippen molar-refractivity contribution >= 4 is 17.3 Å². The van der Waals surface area contributed by atoms with Gasteiger partial charge in [0.25, 0.3) is 11.6 Å². The van der Waals surface area contributed by atoms with Crippen molar-refractivity contribution in [2.75, 3.05) is 19.5 Å². The number of benzene rings is 2. The Hall–Kier alpha value is -3.09. The molecule has 0 heterocycles. The topological polar surface area (TPSA) is 90.7 Å². The van der Waals surface area contributed by atoms with Gasteiger partial charge < -0.3 is 14.8 Å². The Kier molecular flexibility index (Phi) is 4.57. The Bertz CT molecular complexity index is 715. The average Bonchev–Trinajstić information content (AvgIpc) is 2.54. The fraction of sp³-hybridized carbons (Fsp3) is 0.133. The molecule has 0 aliphatic carbocycles. The van der Waals surface area contributed by atoms with E-state index in [0.717, 1.165) is 0 Å². The zero-order valence-corrected chi connectivity index (χ0v) is 12.0. The van der Waals surface area contributed by atoms with Crippen molar-refractivity contribution in [2.24, 2.45) is 0 Å². The van der Waals surface area contributed by atoms with Gasteiger partial charge in [0, 0.05) is 17.8 Å². The molecule has 7 nitrogen and oxygen atoms in total. The molecular weight excluding hydrogens is 288 g/mol. The first-order valence-corrected chi connectivity index (χ1v) is 6.33. The van der Waals surface area contributed by atoms with Crippen LogP contribution in [0.15, 0.2) is 42.5 Å². The van der Waals surface area contributed by atoms with E-state index >= 15 is 0 Å². The number of rotatable bonds is 5. The second kappa shape index (κ2) is 6.57. The third-order valence-electron chi connectivity index (χ3n) is 2.97. The predicted molar refractivity (Wildman–Crippen MR) is 80.6 cm³/mol. The molecule has 2 aromatic rings. The Morgan fingerprint density at radius 3 is 2.55 bits per heavy atom. The number of amides is 1. The molecule has 2 rings (SSSR count). The standard InChI is InChI=1S/C15H14N2O5/c1-21-12-6-7-14(22-2)13(9-12)15(18)16-10-4-3-5-11(8-10)17(19)20/h3-9H,1-2H3,(H,16,18). The lowest BCUT2D eigenvalue weighted by atomic mass is 10.1. The van der Waals surface area contributed by atoms with Gasteiger partial charge in [-0.2, -0.15) is 0 Å². The summed E-state index contributed by atoms with van der Waals surface area (Å²) in [6.07, 6.45) is 0. The molecule has 2 aromatic carbocycles. The lowest BCUT2D eigenvalue weighted by molar-refractivity contribution is -0.384. The molecule has 0 unspecified atom stereocenters. The van der Waals surface area contributed by atoms with Gasteiger partial charge in [-0.05, 0) is 24.3 Å². The summed E-state index contributed by atoms with van der Waals surface area (Å²) in [4.78, 5) is 22.5. The second-order valence-corrected chi connectivity index (χ2v) is 4.33. The summed E-state index contributed by atoms with van der Waals surface area (Å²) in [5, 5.41) is 13.3. The van der Waals surface area contributed by atoms with Crippen molar-refractivity contribution < 1.29 is 19.2 Å². The van der Waals surface area contributed by atoms with Crippen LogP contribution in [0.2, 0.25) is 0 Å². The van der Waals surface area contributed by atoms with Crippen LogP contribution >= 0.6 is 0 Å². The van der Waals surface area contributed by atoms with Crippen molar-refractivity contribution in [1.82, 2.24) is 0 Å². The van der Waals surface area contributed by atoms with Gasteiger partial charge >= 0.3 is 0 Å². The molecule has 0 aliphatic rings. The third kappa shape index (κ3) is 3.32. The monoisotopic (exact) mass is 302 g/mol. The predicted octanol–water partition coefficient (Wildman–Crippen LogP) is 2.86. The number of hydrogen-bond acceptors (Lipinski definition) is 5. The van der Waals surface area contributed by atoms with Gasteiger partial charge in [-0.15, -0.1) is 0 Å². The van der Waals surface area contributed by atoms with Gasteiger partial charge in [0.05, 0.1) is 24.7 Å². The molecule has 0 saturated heterocycles. The number of nitrogens with one attached hydrogen (secondary N) is 1. The highest BCUT2D eigenvalue weighted by molar-refractivity contribution is 6.06. The highest BCUT2D eigenvalue weighted by Crippen LogP contribution is 2.25. The molecule has 7 heteroatoms. The maximum Gasteiger partial charge on any atom is 0.271 e. The highest BCUT2D eigenvalue weighted by atomic mass is 16.6. The smallest absolute Gasteiger partial charge is 0.271 e. The first-order chi connectivity index (χ1) is 10.5. The Labute approximate surface area is 126 Å². The van der Waals surface area contributed by atoms with Gasteiger partial charge in [0.2, 0.25) is 0 Å². The van der Waals surface area contributed by atoms with Crippen LogP contribution in [0.4, 0.5) is 11.4 Å². The quantitative estimate of drug-likeness (QED) is 0.677. The van der Waals surface area contributed by atoms with Crippen LogP contribution < -0.4 is 14.8 Å². The Balaban J connectivity index is 2.29. The van der Waals surface area contributed by atoms with E-state index in [2.05, 4.69) is 5.32 Å². The minimum atomic E-state index is -0.526. The molecule has 0 saturated carbocycles. The van der Waals surface area contributed by atoms with Crippen molar-refractivity contribution in [3.63, 3.8) is 0 Å². The summed E-state index contributed by atoms with van der Waals surface area (Å²) in [5.41, 5.74) is 0.493. The molecule has 114 valence electrons. The van der Waals surface area contributed by atoms with Gasteiger partial charge in [0.15, 0.2) is 0 Å². The van der Waals surface area contributed by atoms with E-state index in [0.29, 0.717) is 17.2 Å². The molecule has 0 aliphatic heterocycles. The number of nitro benzene ring substituents is 1. The molecule has 0 atom stereocenters. The minimum absolute atomic E-state index is 0.101. The maximum absolute atomic E-state index is 12.3. The summed E-state index contributed by atoms with van der Waals surface area (Å²) in [7, 11) is 2.94. The van der Waals surface area contributed by atoms with Gasteiger partial charge in [-0.25, -0.2) is 0 Å². The molecular formula is C15H14N2O5. The summed E-state index contributed by atoms with van der Waals surface area (Å²) < 4.78 is 10.2. The number of nitrogens with zero attached hydrogens (tertiary/aromatic N) is 1. The van der Waals surface area contributed by atoms with Crippen molar-refractivity contribution in [2.45, 2.75) is 0 Å². The maximum atomic E-state index is 12.3. The zero-order valence-electron chi connectivity index (χ0n) is 12.0. The number of ether oxygens (including phenoxy) is 2.